The number of hydrogen-bond acceptors (Lipinski definition) is 5. The van der Waals surface area contributed by atoms with Crippen LogP contribution in [0.15, 0.2) is 4.99 Å². The van der Waals surface area contributed by atoms with Gasteiger partial charge in [0.1, 0.15) is 0 Å². The van der Waals surface area contributed by atoms with Gasteiger partial charge in [-0.25, -0.2) is 4.79 Å². The topological polar surface area (TPSA) is 47.9 Å². The number of nitrogens with zero attached hydrogens (tertiary/aromatic N) is 1. The molecular formula is C7H11NO3S. The molecule has 0 fully saturated rings. The fraction of sp³-hybridized carbons (Fsp3) is 0.714. The van der Waals surface area contributed by atoms with Crippen molar-refractivity contribution in [3.8, 4) is 0 Å². The molecule has 0 amide bonds. The Kier molecular flexibility index (Phi) is 3.55. The second kappa shape index (κ2) is 4.47. The summed E-state index contributed by atoms with van der Waals surface area (Å²) in [5.74, 6) is 0.402. The Labute approximate surface area is 75.3 Å². The number of thioether (sulfide) groups is 1. The van der Waals surface area contributed by atoms with Crippen LogP contribution in [0, 0.1) is 0 Å². The van der Waals surface area contributed by atoms with E-state index in [4.69, 9.17) is 4.74 Å². The van der Waals surface area contributed by atoms with Gasteiger partial charge in [-0.15, -0.1) is 11.8 Å². The molecule has 0 saturated heterocycles. The van der Waals surface area contributed by atoms with Gasteiger partial charge >= 0.3 is 5.97 Å². The predicted molar refractivity (Wildman–Crippen MR) is 47.6 cm³/mol. The molecule has 5 heteroatoms. The molecule has 0 aliphatic carbocycles. The number of aliphatic imine (C=N–C) groups is 1. The smallest absolute Gasteiger partial charge is 0.331 e. The first kappa shape index (κ1) is 9.54. The number of ether oxygens (including phenoxy) is 2. The van der Waals surface area contributed by atoms with Crippen LogP contribution < -0.4 is 0 Å². The van der Waals surface area contributed by atoms with Crippen molar-refractivity contribution in [2.75, 3.05) is 26.6 Å². The van der Waals surface area contributed by atoms with Crippen molar-refractivity contribution in [1.29, 1.82) is 0 Å². The van der Waals surface area contributed by atoms with Crippen molar-refractivity contribution in [1.82, 2.24) is 0 Å². The van der Waals surface area contributed by atoms with Crippen LogP contribution in [-0.2, 0) is 14.3 Å². The standard InChI is InChI=1S/C7H11NO3S/c1-10-3-6-8-5(4-12-6)7(9)11-2/h5H,3-4H2,1-2H3/t5-/m0/s1. The zero-order valence-electron chi connectivity index (χ0n) is 7.07. The molecule has 1 rings (SSSR count). The number of hydrogen-bond donors (Lipinski definition) is 0. The Morgan fingerprint density at radius 2 is 2.50 bits per heavy atom. The van der Waals surface area contributed by atoms with E-state index >= 15 is 0 Å². The molecule has 0 unspecified atom stereocenters. The van der Waals surface area contributed by atoms with Gasteiger partial charge in [0.05, 0.1) is 18.8 Å². The van der Waals surface area contributed by atoms with E-state index in [0.29, 0.717) is 12.4 Å². The quantitative estimate of drug-likeness (QED) is 0.600. The number of rotatable bonds is 3. The average molecular weight is 189 g/mol. The number of carbonyl (C=O) groups excluding carboxylic acids is 1. The Balaban J connectivity index is 2.46. The molecule has 0 aromatic carbocycles. The molecule has 0 aromatic heterocycles. The fourth-order valence-corrected chi connectivity index (χ4v) is 1.85. The summed E-state index contributed by atoms with van der Waals surface area (Å²) < 4.78 is 9.44. The monoisotopic (exact) mass is 189 g/mol. The van der Waals surface area contributed by atoms with Gasteiger partial charge < -0.3 is 9.47 Å². The van der Waals surface area contributed by atoms with Gasteiger partial charge in [0, 0.05) is 12.9 Å². The van der Waals surface area contributed by atoms with Gasteiger partial charge in [-0.1, -0.05) is 0 Å². The van der Waals surface area contributed by atoms with Gasteiger partial charge in [0.25, 0.3) is 0 Å². The van der Waals surface area contributed by atoms with Crippen molar-refractivity contribution in [3.63, 3.8) is 0 Å². The summed E-state index contributed by atoms with van der Waals surface area (Å²) in [6.45, 7) is 0.484. The highest BCUT2D eigenvalue weighted by Crippen LogP contribution is 2.18. The van der Waals surface area contributed by atoms with Crippen molar-refractivity contribution in [2.24, 2.45) is 4.99 Å². The van der Waals surface area contributed by atoms with E-state index in [-0.39, 0.29) is 12.0 Å². The molecule has 1 atom stereocenters. The zero-order valence-corrected chi connectivity index (χ0v) is 7.89. The summed E-state index contributed by atoms with van der Waals surface area (Å²) >= 11 is 1.54. The molecule has 1 aliphatic rings. The highest BCUT2D eigenvalue weighted by atomic mass is 32.2. The molecule has 0 bridgehead atoms. The Bertz CT molecular complexity index is 205. The summed E-state index contributed by atoms with van der Waals surface area (Å²) in [4.78, 5) is 15.1. The summed E-state index contributed by atoms with van der Waals surface area (Å²) in [7, 11) is 2.98. The maximum atomic E-state index is 11.0. The minimum atomic E-state index is -0.329. The maximum Gasteiger partial charge on any atom is 0.331 e. The molecule has 68 valence electrons. The Hall–Kier alpha value is -0.550. The third-order valence-corrected chi connectivity index (χ3v) is 2.49. The Morgan fingerprint density at radius 1 is 1.75 bits per heavy atom. The van der Waals surface area contributed by atoms with Crippen LogP contribution in [-0.4, -0.2) is 43.6 Å². The van der Waals surface area contributed by atoms with Crippen molar-refractivity contribution >= 4 is 22.8 Å². The van der Waals surface area contributed by atoms with E-state index in [1.807, 2.05) is 0 Å². The van der Waals surface area contributed by atoms with E-state index in [1.54, 1.807) is 18.9 Å². The summed E-state index contributed by atoms with van der Waals surface area (Å²) in [6.07, 6.45) is 0. The lowest BCUT2D eigenvalue weighted by Crippen LogP contribution is -2.19. The van der Waals surface area contributed by atoms with E-state index in [0.717, 1.165) is 5.04 Å². The first-order valence-electron chi connectivity index (χ1n) is 3.54. The summed E-state index contributed by atoms with van der Waals surface area (Å²) in [6, 6.07) is -0.329. The van der Waals surface area contributed by atoms with E-state index in [1.165, 1.54) is 7.11 Å². The number of methoxy groups -OCH3 is 2. The normalized spacial score (nSPS) is 22.2. The first-order valence-corrected chi connectivity index (χ1v) is 4.52. The molecular weight excluding hydrogens is 178 g/mol. The van der Waals surface area contributed by atoms with Gasteiger partial charge in [-0.2, -0.15) is 0 Å². The van der Waals surface area contributed by atoms with Crippen LogP contribution >= 0.6 is 11.8 Å². The highest BCUT2D eigenvalue weighted by molar-refractivity contribution is 8.14. The van der Waals surface area contributed by atoms with Crippen molar-refractivity contribution in [2.45, 2.75) is 6.04 Å². The zero-order chi connectivity index (χ0) is 8.97. The second-order valence-electron chi connectivity index (χ2n) is 2.31. The van der Waals surface area contributed by atoms with Crippen molar-refractivity contribution < 1.29 is 14.3 Å². The minimum absolute atomic E-state index is 0.270. The van der Waals surface area contributed by atoms with Crippen LogP contribution in [0.3, 0.4) is 0 Å². The van der Waals surface area contributed by atoms with Crippen LogP contribution in [0.25, 0.3) is 0 Å². The van der Waals surface area contributed by atoms with Gasteiger partial charge in [-0.05, 0) is 0 Å². The second-order valence-corrected chi connectivity index (χ2v) is 3.40. The summed E-state index contributed by atoms with van der Waals surface area (Å²) in [5.41, 5.74) is 0. The highest BCUT2D eigenvalue weighted by Gasteiger charge is 2.25. The first-order chi connectivity index (χ1) is 5.77. The average Bonchev–Trinajstić information content (AvgIpc) is 2.52. The van der Waals surface area contributed by atoms with E-state index in [2.05, 4.69) is 9.73 Å². The minimum Gasteiger partial charge on any atom is -0.467 e. The van der Waals surface area contributed by atoms with Crippen LogP contribution in [0.2, 0.25) is 0 Å². The summed E-state index contributed by atoms with van der Waals surface area (Å²) in [5, 5.41) is 0.868. The van der Waals surface area contributed by atoms with Gasteiger partial charge in [-0.3, -0.25) is 4.99 Å². The fourth-order valence-electron chi connectivity index (χ4n) is 0.883. The molecule has 0 radical (unpaired) electrons. The van der Waals surface area contributed by atoms with Gasteiger partial charge in [0.2, 0.25) is 0 Å². The SMILES string of the molecule is COCC1=N[C@H](C(=O)OC)CS1. The van der Waals surface area contributed by atoms with Gasteiger partial charge in [0.15, 0.2) is 6.04 Å². The van der Waals surface area contributed by atoms with Crippen molar-refractivity contribution in [3.05, 3.63) is 0 Å². The number of carbonyl (C=O) groups is 1. The Morgan fingerprint density at radius 3 is 3.08 bits per heavy atom. The molecule has 4 nitrogen and oxygen atoms in total. The predicted octanol–water partition coefficient (Wildman–Crippen LogP) is 0.320. The molecule has 0 N–H and O–H groups in total. The molecule has 12 heavy (non-hydrogen) atoms. The largest absolute Gasteiger partial charge is 0.467 e. The third kappa shape index (κ3) is 2.22. The molecule has 1 aliphatic heterocycles. The molecule has 1 heterocycles. The van der Waals surface area contributed by atoms with Crippen LogP contribution in [0.4, 0.5) is 0 Å². The van der Waals surface area contributed by atoms with E-state index < -0.39 is 0 Å². The van der Waals surface area contributed by atoms with E-state index in [9.17, 15) is 4.79 Å². The lowest BCUT2D eigenvalue weighted by molar-refractivity contribution is -0.141. The molecule has 0 aromatic rings. The molecule has 0 spiro atoms. The van der Waals surface area contributed by atoms with Crippen LogP contribution in [0.1, 0.15) is 0 Å². The lowest BCUT2D eigenvalue weighted by atomic mass is 10.4. The van der Waals surface area contributed by atoms with Crippen LogP contribution in [0.5, 0.6) is 0 Å². The number of esters is 1. The maximum absolute atomic E-state index is 11.0. The molecule has 0 saturated carbocycles. The third-order valence-electron chi connectivity index (χ3n) is 1.45. The lowest BCUT2D eigenvalue weighted by Gasteiger charge is -2.00.